The molecule has 0 aliphatic carbocycles. The van der Waals surface area contributed by atoms with Gasteiger partial charge in [0.15, 0.2) is 0 Å². The average molecular weight is 490 g/mol. The van der Waals surface area contributed by atoms with Crippen molar-refractivity contribution in [3.05, 3.63) is 83.7 Å². The molecule has 1 fully saturated rings. The SMILES string of the molecule is N#Cc1ccc2nc(COc3cccc(N4CCOC4=O)c3)n(Cc3ccccc3OC(F)F)c2c1. The van der Waals surface area contributed by atoms with E-state index in [1.807, 2.05) is 4.57 Å². The standard InChI is InChI=1S/C26H20F2N4O4/c27-25(28)36-23-7-2-1-4-18(23)15-32-22-12-17(14-29)8-9-21(22)30-24(32)16-35-20-6-3-5-19(13-20)31-10-11-34-26(31)33/h1-9,12-13,25H,10-11,15-16H2. The number of fused-ring (bicyclic) bond motifs is 1. The largest absolute Gasteiger partial charge is 0.486 e. The topological polar surface area (TPSA) is 89.6 Å². The van der Waals surface area contributed by atoms with Crippen LogP contribution in [0.25, 0.3) is 11.0 Å². The summed E-state index contributed by atoms with van der Waals surface area (Å²) in [4.78, 5) is 18.1. The van der Waals surface area contributed by atoms with Crippen LogP contribution in [0.15, 0.2) is 66.7 Å². The fourth-order valence-corrected chi connectivity index (χ4v) is 4.06. The number of carbonyl (C=O) groups is 1. The molecular formula is C26H20F2N4O4. The van der Waals surface area contributed by atoms with Crippen molar-refractivity contribution < 1.29 is 27.8 Å². The molecule has 2 heterocycles. The van der Waals surface area contributed by atoms with E-state index in [0.717, 1.165) is 0 Å². The van der Waals surface area contributed by atoms with Gasteiger partial charge in [0, 0.05) is 11.6 Å². The highest BCUT2D eigenvalue weighted by atomic mass is 19.3. The van der Waals surface area contributed by atoms with Crippen molar-refractivity contribution in [3.63, 3.8) is 0 Å². The Kier molecular flexibility index (Phi) is 6.36. The molecule has 1 aliphatic rings. The molecule has 182 valence electrons. The molecule has 0 unspecified atom stereocenters. The number of benzene rings is 3. The van der Waals surface area contributed by atoms with Crippen molar-refractivity contribution in [3.8, 4) is 17.6 Å². The zero-order chi connectivity index (χ0) is 25.1. The predicted octanol–water partition coefficient (Wildman–Crippen LogP) is 5.09. The fraction of sp³-hybridized carbons (Fsp3) is 0.192. The number of alkyl halides is 2. The summed E-state index contributed by atoms with van der Waals surface area (Å²) in [5.41, 5.74) is 2.91. The molecule has 1 amide bonds. The lowest BCUT2D eigenvalue weighted by Gasteiger charge is -2.15. The fourth-order valence-electron chi connectivity index (χ4n) is 4.06. The van der Waals surface area contributed by atoms with Crippen LogP contribution in [0.5, 0.6) is 11.5 Å². The Labute approximate surface area is 204 Å². The summed E-state index contributed by atoms with van der Waals surface area (Å²) in [5.74, 6) is 1.10. The van der Waals surface area contributed by atoms with E-state index in [1.54, 1.807) is 60.7 Å². The molecule has 1 saturated heterocycles. The molecule has 4 aromatic rings. The smallest absolute Gasteiger partial charge is 0.414 e. The molecule has 1 aliphatic heterocycles. The van der Waals surface area contributed by atoms with E-state index < -0.39 is 12.7 Å². The Bertz CT molecular complexity index is 1460. The van der Waals surface area contributed by atoms with Crippen LogP contribution in [0.3, 0.4) is 0 Å². The minimum atomic E-state index is -2.96. The third-order valence-corrected chi connectivity index (χ3v) is 5.73. The highest BCUT2D eigenvalue weighted by Crippen LogP contribution is 2.27. The summed E-state index contributed by atoms with van der Waals surface area (Å²) >= 11 is 0. The van der Waals surface area contributed by atoms with E-state index in [-0.39, 0.29) is 18.9 Å². The van der Waals surface area contributed by atoms with E-state index >= 15 is 0 Å². The van der Waals surface area contributed by atoms with E-state index in [4.69, 9.17) is 14.2 Å². The van der Waals surface area contributed by atoms with E-state index in [1.165, 1.54) is 11.0 Å². The molecule has 0 radical (unpaired) electrons. The predicted molar refractivity (Wildman–Crippen MR) is 126 cm³/mol. The number of hydrogen-bond acceptors (Lipinski definition) is 6. The number of amides is 1. The maximum Gasteiger partial charge on any atom is 0.414 e. The van der Waals surface area contributed by atoms with Crippen LogP contribution in [0.1, 0.15) is 17.0 Å². The maximum atomic E-state index is 13.0. The Hall–Kier alpha value is -4.65. The monoisotopic (exact) mass is 490 g/mol. The molecule has 0 spiro atoms. The average Bonchev–Trinajstić information content (AvgIpc) is 3.46. The Morgan fingerprint density at radius 1 is 1.11 bits per heavy atom. The van der Waals surface area contributed by atoms with Crippen LogP contribution in [0, 0.1) is 11.3 Å². The van der Waals surface area contributed by atoms with E-state index in [0.29, 0.717) is 52.6 Å². The second kappa shape index (κ2) is 9.92. The Morgan fingerprint density at radius 2 is 1.97 bits per heavy atom. The van der Waals surface area contributed by atoms with Gasteiger partial charge in [-0.15, -0.1) is 0 Å². The molecule has 5 rings (SSSR count). The van der Waals surface area contributed by atoms with Gasteiger partial charge in [-0.1, -0.05) is 24.3 Å². The number of imidazole rings is 1. The number of carbonyl (C=O) groups excluding carboxylic acids is 1. The van der Waals surface area contributed by atoms with E-state index in [2.05, 4.69) is 11.1 Å². The minimum absolute atomic E-state index is 0.0579. The highest BCUT2D eigenvalue weighted by molar-refractivity contribution is 5.89. The number of anilines is 1. The van der Waals surface area contributed by atoms with Crippen molar-refractivity contribution in [2.75, 3.05) is 18.1 Å². The first-order chi connectivity index (χ1) is 17.5. The first-order valence-corrected chi connectivity index (χ1v) is 11.1. The number of cyclic esters (lactones) is 1. The van der Waals surface area contributed by atoms with Gasteiger partial charge in [0.05, 0.1) is 41.4 Å². The van der Waals surface area contributed by atoms with Crippen LogP contribution in [0.2, 0.25) is 0 Å². The molecular weight excluding hydrogens is 470 g/mol. The normalized spacial score (nSPS) is 13.2. The number of nitriles is 1. The second-order valence-corrected chi connectivity index (χ2v) is 7.97. The summed E-state index contributed by atoms with van der Waals surface area (Å²) in [6, 6.07) is 20.8. The number of aromatic nitrogens is 2. The quantitative estimate of drug-likeness (QED) is 0.342. The summed E-state index contributed by atoms with van der Waals surface area (Å²) in [6.07, 6.45) is -0.410. The summed E-state index contributed by atoms with van der Waals surface area (Å²) in [5, 5.41) is 9.37. The number of halogens is 2. The lowest BCUT2D eigenvalue weighted by Crippen LogP contribution is -2.23. The lowest BCUT2D eigenvalue weighted by atomic mass is 10.2. The van der Waals surface area contributed by atoms with Crippen molar-refractivity contribution in [1.82, 2.24) is 9.55 Å². The maximum absolute atomic E-state index is 13.0. The zero-order valence-corrected chi connectivity index (χ0v) is 18.9. The molecule has 10 heteroatoms. The van der Waals surface area contributed by atoms with E-state index in [9.17, 15) is 18.8 Å². The molecule has 1 aromatic heterocycles. The van der Waals surface area contributed by atoms with Crippen molar-refractivity contribution >= 4 is 22.8 Å². The number of ether oxygens (including phenoxy) is 3. The van der Waals surface area contributed by atoms with Crippen LogP contribution in [0.4, 0.5) is 19.3 Å². The number of nitrogens with zero attached hydrogens (tertiary/aromatic N) is 4. The summed E-state index contributed by atoms with van der Waals surface area (Å²) < 4.78 is 43.4. The van der Waals surface area contributed by atoms with Crippen molar-refractivity contribution in [2.24, 2.45) is 0 Å². The molecule has 3 aromatic carbocycles. The lowest BCUT2D eigenvalue weighted by molar-refractivity contribution is -0.0504. The molecule has 8 nitrogen and oxygen atoms in total. The summed E-state index contributed by atoms with van der Waals surface area (Å²) in [7, 11) is 0. The van der Waals surface area contributed by atoms with Crippen LogP contribution in [-0.2, 0) is 17.9 Å². The number of para-hydroxylation sites is 1. The van der Waals surface area contributed by atoms with Crippen molar-refractivity contribution in [2.45, 2.75) is 19.8 Å². The Balaban J connectivity index is 1.46. The second-order valence-electron chi connectivity index (χ2n) is 7.97. The third kappa shape index (κ3) is 4.77. The minimum Gasteiger partial charge on any atom is -0.486 e. The molecule has 36 heavy (non-hydrogen) atoms. The van der Waals surface area contributed by atoms with Gasteiger partial charge in [0.25, 0.3) is 0 Å². The van der Waals surface area contributed by atoms with Crippen molar-refractivity contribution in [1.29, 1.82) is 5.26 Å². The third-order valence-electron chi connectivity index (χ3n) is 5.73. The number of hydrogen-bond donors (Lipinski definition) is 0. The van der Waals surface area contributed by atoms with Gasteiger partial charge in [-0.3, -0.25) is 4.90 Å². The van der Waals surface area contributed by atoms with Gasteiger partial charge in [-0.05, 0) is 36.4 Å². The van der Waals surface area contributed by atoms with Crippen LogP contribution in [-0.4, -0.2) is 35.4 Å². The highest BCUT2D eigenvalue weighted by Gasteiger charge is 2.24. The first-order valence-electron chi connectivity index (χ1n) is 11.1. The van der Waals surface area contributed by atoms with Gasteiger partial charge < -0.3 is 18.8 Å². The molecule has 0 bridgehead atoms. The molecule has 0 N–H and O–H groups in total. The van der Waals surface area contributed by atoms with Crippen LogP contribution >= 0.6 is 0 Å². The van der Waals surface area contributed by atoms with Gasteiger partial charge in [-0.25, -0.2) is 9.78 Å². The van der Waals surface area contributed by atoms with Gasteiger partial charge in [0.1, 0.15) is 30.5 Å². The first kappa shape index (κ1) is 23.1. The number of rotatable bonds is 8. The molecule has 0 atom stereocenters. The Morgan fingerprint density at radius 3 is 2.75 bits per heavy atom. The van der Waals surface area contributed by atoms with Gasteiger partial charge in [-0.2, -0.15) is 14.0 Å². The van der Waals surface area contributed by atoms with Gasteiger partial charge in [0.2, 0.25) is 0 Å². The summed E-state index contributed by atoms with van der Waals surface area (Å²) in [6.45, 7) is -1.94. The molecule has 0 saturated carbocycles. The van der Waals surface area contributed by atoms with Gasteiger partial charge >= 0.3 is 12.7 Å². The van der Waals surface area contributed by atoms with Crippen LogP contribution < -0.4 is 14.4 Å². The zero-order valence-electron chi connectivity index (χ0n) is 18.9.